The molecule has 0 aliphatic carbocycles. The van der Waals surface area contributed by atoms with Crippen LogP contribution in [0.5, 0.6) is 0 Å². The van der Waals surface area contributed by atoms with E-state index in [-0.39, 0.29) is 37.3 Å². The number of hydrogen-bond acceptors (Lipinski definition) is 8. The molecule has 4 aliphatic rings. The molecule has 11 nitrogen and oxygen atoms in total. The van der Waals surface area contributed by atoms with Gasteiger partial charge in [0.1, 0.15) is 23.7 Å². The number of amides is 3. The Morgan fingerprint density at radius 1 is 0.923 bits per heavy atom. The number of nitrogens with zero attached hydrogens (tertiary/aromatic N) is 3. The normalized spacial score (nSPS) is 29.6. The number of allylic oxidation sites excluding steroid dienone is 1. The molecule has 6 rings (SSSR count). The number of cyclic esters (lactones) is 1. The summed E-state index contributed by atoms with van der Waals surface area (Å²) < 4.78 is 13.2. The predicted molar refractivity (Wildman–Crippen MR) is 198 cm³/mol. The Bertz CT molecular complexity index is 1640. The second kappa shape index (κ2) is 16.5. The number of benzene rings is 2. The number of likely N-dealkylation sites (tertiary alicyclic amines) is 1. The van der Waals surface area contributed by atoms with Crippen molar-refractivity contribution in [3.8, 4) is 0 Å². The molecule has 0 aromatic heterocycles. The third kappa shape index (κ3) is 7.25. The second-order valence-corrected chi connectivity index (χ2v) is 14.1. The Labute approximate surface area is 306 Å². The summed E-state index contributed by atoms with van der Waals surface area (Å²) in [6, 6.07) is 15.6. The average Bonchev–Trinajstić information content (AvgIpc) is 3.53. The number of fused-ring (bicyclic) bond motifs is 2. The zero-order valence-corrected chi connectivity index (χ0v) is 30.5. The van der Waals surface area contributed by atoms with Crippen molar-refractivity contribution in [1.82, 2.24) is 10.2 Å². The van der Waals surface area contributed by atoms with Crippen LogP contribution in [0.25, 0.3) is 0 Å². The molecule has 3 amide bonds. The van der Waals surface area contributed by atoms with Crippen LogP contribution in [0, 0.1) is 11.8 Å². The zero-order valence-electron chi connectivity index (χ0n) is 30.5. The van der Waals surface area contributed by atoms with Crippen LogP contribution in [0.4, 0.5) is 11.4 Å². The average molecular weight is 713 g/mol. The minimum absolute atomic E-state index is 0.0978. The summed E-state index contributed by atoms with van der Waals surface area (Å²) in [5, 5.41) is 12.3. The van der Waals surface area contributed by atoms with Crippen molar-refractivity contribution < 1.29 is 33.8 Å². The third-order valence-electron chi connectivity index (χ3n) is 10.9. The fourth-order valence-electron chi connectivity index (χ4n) is 8.36. The van der Waals surface area contributed by atoms with E-state index in [4.69, 9.17) is 9.47 Å². The Morgan fingerprint density at radius 2 is 1.65 bits per heavy atom. The molecular formula is C41H52N4O7. The Morgan fingerprint density at radius 3 is 2.37 bits per heavy atom. The quantitative estimate of drug-likeness (QED) is 0.195. The summed E-state index contributed by atoms with van der Waals surface area (Å²) in [5.41, 5.74) is 1.06. The van der Waals surface area contributed by atoms with Gasteiger partial charge in [0.15, 0.2) is 0 Å². The lowest BCUT2D eigenvalue weighted by Gasteiger charge is -2.35. The minimum Gasteiger partial charge on any atom is -0.455 e. The van der Waals surface area contributed by atoms with Gasteiger partial charge in [0, 0.05) is 50.6 Å². The van der Waals surface area contributed by atoms with Crippen LogP contribution in [0.15, 0.2) is 78.9 Å². The maximum atomic E-state index is 14.9. The van der Waals surface area contributed by atoms with E-state index < -0.39 is 47.7 Å². The van der Waals surface area contributed by atoms with Crippen LogP contribution in [0.1, 0.15) is 71.0 Å². The molecule has 4 aliphatic heterocycles. The largest absolute Gasteiger partial charge is 0.455 e. The highest BCUT2D eigenvalue weighted by Crippen LogP contribution is 2.53. The first-order chi connectivity index (χ1) is 25.2. The van der Waals surface area contributed by atoms with E-state index in [0.29, 0.717) is 37.1 Å². The first-order valence-electron chi connectivity index (χ1n) is 18.9. The van der Waals surface area contributed by atoms with Crippen molar-refractivity contribution in [3.63, 3.8) is 0 Å². The van der Waals surface area contributed by atoms with Gasteiger partial charge in [-0.05, 0) is 69.9 Å². The molecule has 278 valence electrons. The summed E-state index contributed by atoms with van der Waals surface area (Å²) in [6.45, 7) is 8.40. The van der Waals surface area contributed by atoms with E-state index >= 15 is 0 Å². The first-order valence-corrected chi connectivity index (χ1v) is 18.9. The fraction of sp³-hybridized carbons (Fsp3) is 0.512. The number of aliphatic hydroxyl groups excluding tert-OH is 1. The van der Waals surface area contributed by atoms with Crippen molar-refractivity contribution in [2.24, 2.45) is 11.8 Å². The molecule has 2 saturated heterocycles. The van der Waals surface area contributed by atoms with E-state index in [1.807, 2.05) is 72.8 Å². The monoisotopic (exact) mass is 712 g/mol. The summed E-state index contributed by atoms with van der Waals surface area (Å²) in [4.78, 5) is 62.6. The minimum atomic E-state index is -1.42. The van der Waals surface area contributed by atoms with Gasteiger partial charge in [-0.2, -0.15) is 0 Å². The smallest absolute Gasteiger partial charge is 0.313 e. The van der Waals surface area contributed by atoms with Crippen molar-refractivity contribution in [2.75, 3.05) is 42.6 Å². The van der Waals surface area contributed by atoms with E-state index in [9.17, 15) is 24.3 Å². The van der Waals surface area contributed by atoms with Crippen LogP contribution < -0.4 is 15.1 Å². The Balaban J connectivity index is 1.39. The molecular weight excluding hydrogens is 660 g/mol. The van der Waals surface area contributed by atoms with Gasteiger partial charge in [0.2, 0.25) is 11.8 Å². The highest BCUT2D eigenvalue weighted by Gasteiger charge is 2.71. The first kappa shape index (κ1) is 37.3. The van der Waals surface area contributed by atoms with Crippen molar-refractivity contribution >= 4 is 35.1 Å². The topological polar surface area (TPSA) is 129 Å². The maximum Gasteiger partial charge on any atom is 0.313 e. The van der Waals surface area contributed by atoms with E-state index in [2.05, 4.69) is 24.1 Å². The molecule has 2 aromatic rings. The summed E-state index contributed by atoms with van der Waals surface area (Å²) in [6.07, 6.45) is 9.12. The second-order valence-electron chi connectivity index (χ2n) is 14.1. The number of esters is 1. The lowest BCUT2D eigenvalue weighted by molar-refractivity contribution is -0.161. The van der Waals surface area contributed by atoms with Gasteiger partial charge in [0.05, 0.1) is 18.1 Å². The molecule has 1 spiro atoms. The number of carbonyl (C=O) groups excluding carboxylic acids is 4. The molecule has 0 unspecified atom stereocenters. The lowest BCUT2D eigenvalue weighted by Crippen LogP contribution is -2.55. The highest BCUT2D eigenvalue weighted by molar-refractivity contribution is 6.05. The predicted octanol–water partition coefficient (Wildman–Crippen LogP) is 4.71. The number of carbonyl (C=O) groups is 4. The van der Waals surface area contributed by atoms with E-state index in [1.165, 1.54) is 0 Å². The van der Waals surface area contributed by atoms with Crippen LogP contribution in [-0.2, 0) is 28.7 Å². The van der Waals surface area contributed by atoms with Gasteiger partial charge in [-0.15, -0.1) is 0 Å². The van der Waals surface area contributed by atoms with Crippen LogP contribution in [-0.4, -0.2) is 90.3 Å². The molecule has 0 radical (unpaired) electrons. The SMILES string of the molecule is CCN(CC)c1ccc(N2CC=C[C@@]34O[C@H]5/C=C\CCC(=O)N[C@@H](C)[C@H](c6ccccc6)OC(=O)[C@H]5[C@@H]3C(=O)N(CCCCCCO)[C@H]4C2=O)cc1. The van der Waals surface area contributed by atoms with E-state index in [1.54, 1.807) is 22.8 Å². The van der Waals surface area contributed by atoms with Crippen molar-refractivity contribution in [3.05, 3.63) is 84.5 Å². The van der Waals surface area contributed by atoms with Gasteiger partial charge in [-0.25, -0.2) is 0 Å². The molecule has 7 atom stereocenters. The molecule has 2 aromatic carbocycles. The van der Waals surface area contributed by atoms with Gasteiger partial charge < -0.3 is 34.6 Å². The number of ether oxygens (including phenoxy) is 2. The summed E-state index contributed by atoms with van der Waals surface area (Å²) in [5.74, 6) is -3.40. The van der Waals surface area contributed by atoms with E-state index in [0.717, 1.165) is 31.6 Å². The van der Waals surface area contributed by atoms with Crippen LogP contribution in [0.3, 0.4) is 0 Å². The van der Waals surface area contributed by atoms with Crippen molar-refractivity contribution in [1.29, 1.82) is 0 Å². The number of rotatable bonds is 11. The third-order valence-corrected chi connectivity index (χ3v) is 10.9. The van der Waals surface area contributed by atoms with Gasteiger partial charge in [-0.1, -0.05) is 67.5 Å². The highest BCUT2D eigenvalue weighted by atomic mass is 16.6. The molecule has 2 N–H and O–H groups in total. The number of unbranched alkanes of at least 4 members (excludes halogenated alkanes) is 3. The summed E-state index contributed by atoms with van der Waals surface area (Å²) >= 11 is 0. The number of anilines is 2. The van der Waals surface area contributed by atoms with Gasteiger partial charge in [-0.3, -0.25) is 19.2 Å². The summed E-state index contributed by atoms with van der Waals surface area (Å²) in [7, 11) is 0. The maximum absolute atomic E-state index is 14.9. The lowest BCUT2D eigenvalue weighted by atomic mass is 9.77. The van der Waals surface area contributed by atoms with Gasteiger partial charge in [0.25, 0.3) is 5.91 Å². The molecule has 11 heteroatoms. The zero-order chi connectivity index (χ0) is 36.8. The van der Waals surface area contributed by atoms with Gasteiger partial charge >= 0.3 is 5.97 Å². The van der Waals surface area contributed by atoms with Crippen LogP contribution >= 0.6 is 0 Å². The molecule has 52 heavy (non-hydrogen) atoms. The van der Waals surface area contributed by atoms with Crippen LogP contribution in [0.2, 0.25) is 0 Å². The Kier molecular flexibility index (Phi) is 11.8. The molecule has 2 fully saturated rings. The number of hydrogen-bond donors (Lipinski definition) is 2. The fourth-order valence-corrected chi connectivity index (χ4v) is 8.36. The molecule has 4 heterocycles. The standard InChI is InChI=1S/C41H52N4O7/c1-4-43(5-2)30-20-22-31(23-21-30)44-26-15-24-41-35(38(48)45(37(41)39(44)49)25-13-6-7-14-27-46)34-32(52-41)18-11-12-19-33(47)42-28(3)36(51-40(34)50)29-16-9-8-10-17-29/h8-11,15-18,20-24,28,32,34-37,46H,4-7,12-14,19,25-27H2,1-3H3,(H,42,47)/b18-11-/t28-,32-,34+,35+,36+,37-,41+/m0/s1. The molecule has 0 bridgehead atoms. The number of nitrogens with one attached hydrogen (secondary N) is 1. The van der Waals surface area contributed by atoms with Crippen molar-refractivity contribution in [2.45, 2.75) is 89.2 Å². The molecule has 0 saturated carbocycles. The Hall–Kier alpha value is -4.48. The number of aliphatic hydroxyl groups is 1.